The molecular weight excluding hydrogens is 196 g/mol. The highest BCUT2D eigenvalue weighted by Gasteiger charge is 2.08. The van der Waals surface area contributed by atoms with Crippen molar-refractivity contribution in [3.63, 3.8) is 0 Å². The molecule has 1 aromatic heterocycles. The zero-order chi connectivity index (χ0) is 11.4. The maximum Gasteiger partial charge on any atom is 0.0567 e. The van der Waals surface area contributed by atoms with Crippen LogP contribution in [0.2, 0.25) is 0 Å². The van der Waals surface area contributed by atoms with E-state index in [1.54, 1.807) is 6.20 Å². The highest BCUT2D eigenvalue weighted by atomic mass is 14.7. The Balaban J connectivity index is 2.30. The Morgan fingerprint density at radius 2 is 2.00 bits per heavy atom. The summed E-state index contributed by atoms with van der Waals surface area (Å²) in [6.07, 6.45) is 4.62. The monoisotopic (exact) mass is 212 g/mol. The molecule has 0 amide bonds. The topological polar surface area (TPSA) is 38.9 Å². The molecule has 0 bridgehead atoms. The molecule has 0 radical (unpaired) electrons. The summed E-state index contributed by atoms with van der Waals surface area (Å²) in [6.45, 7) is 2.15. The van der Waals surface area contributed by atoms with Crippen LogP contribution in [-0.4, -0.2) is 4.98 Å². The van der Waals surface area contributed by atoms with E-state index in [4.69, 9.17) is 5.73 Å². The van der Waals surface area contributed by atoms with Crippen molar-refractivity contribution in [1.82, 2.24) is 4.98 Å². The van der Waals surface area contributed by atoms with E-state index < -0.39 is 0 Å². The molecule has 0 aliphatic carbocycles. The summed E-state index contributed by atoms with van der Waals surface area (Å²) in [5, 5.41) is 0. The third-order valence-corrected chi connectivity index (χ3v) is 2.76. The van der Waals surface area contributed by atoms with E-state index in [0.717, 1.165) is 17.5 Å². The number of nitrogens with zero attached hydrogens (tertiary/aromatic N) is 1. The van der Waals surface area contributed by atoms with Crippen LogP contribution in [0.4, 0.5) is 0 Å². The molecule has 0 saturated carbocycles. The molecule has 2 N–H and O–H groups in total. The standard InChI is InChI=1S/C14H16N2/c1-2-11-5-3-6-12(9-11)14(15)13-7-4-8-16-10-13/h3-10,14H,2,15H2,1H3. The van der Waals surface area contributed by atoms with Gasteiger partial charge in [-0.3, -0.25) is 4.98 Å². The average molecular weight is 212 g/mol. The number of aromatic nitrogens is 1. The Morgan fingerprint density at radius 1 is 1.19 bits per heavy atom. The summed E-state index contributed by atoms with van der Waals surface area (Å²) in [6, 6.07) is 12.3. The number of aryl methyl sites for hydroxylation is 1. The van der Waals surface area contributed by atoms with Crippen LogP contribution in [0.3, 0.4) is 0 Å². The van der Waals surface area contributed by atoms with Crippen LogP contribution in [0.1, 0.15) is 29.7 Å². The minimum absolute atomic E-state index is 0.0831. The van der Waals surface area contributed by atoms with E-state index in [9.17, 15) is 0 Å². The Kier molecular flexibility index (Phi) is 3.32. The summed E-state index contributed by atoms with van der Waals surface area (Å²) in [5.74, 6) is 0. The third kappa shape index (κ3) is 2.28. The molecule has 2 rings (SSSR count). The van der Waals surface area contributed by atoms with Gasteiger partial charge in [-0.15, -0.1) is 0 Å². The second kappa shape index (κ2) is 4.90. The summed E-state index contributed by atoms with van der Waals surface area (Å²) in [7, 11) is 0. The number of hydrogen-bond donors (Lipinski definition) is 1. The number of pyridine rings is 1. The maximum absolute atomic E-state index is 6.20. The molecule has 0 spiro atoms. The second-order valence-electron chi connectivity index (χ2n) is 3.86. The van der Waals surface area contributed by atoms with Gasteiger partial charge < -0.3 is 5.73 Å². The van der Waals surface area contributed by atoms with Gasteiger partial charge in [-0.2, -0.15) is 0 Å². The van der Waals surface area contributed by atoms with E-state index in [1.165, 1.54) is 5.56 Å². The molecule has 2 nitrogen and oxygen atoms in total. The van der Waals surface area contributed by atoms with E-state index in [-0.39, 0.29) is 6.04 Å². The second-order valence-corrected chi connectivity index (χ2v) is 3.86. The molecule has 0 fully saturated rings. The lowest BCUT2D eigenvalue weighted by molar-refractivity contribution is 0.859. The van der Waals surface area contributed by atoms with E-state index in [2.05, 4.69) is 36.2 Å². The number of rotatable bonds is 3. The van der Waals surface area contributed by atoms with Gasteiger partial charge >= 0.3 is 0 Å². The van der Waals surface area contributed by atoms with Gasteiger partial charge in [-0.1, -0.05) is 37.3 Å². The Hall–Kier alpha value is -1.67. The van der Waals surface area contributed by atoms with E-state index in [0.29, 0.717) is 0 Å². The molecule has 1 atom stereocenters. The maximum atomic E-state index is 6.20. The van der Waals surface area contributed by atoms with Gasteiger partial charge in [0, 0.05) is 12.4 Å². The van der Waals surface area contributed by atoms with Gasteiger partial charge in [0.2, 0.25) is 0 Å². The lowest BCUT2D eigenvalue weighted by Crippen LogP contribution is -2.12. The number of hydrogen-bond acceptors (Lipinski definition) is 2. The minimum Gasteiger partial charge on any atom is -0.320 e. The molecule has 1 heterocycles. The zero-order valence-corrected chi connectivity index (χ0v) is 9.43. The molecule has 1 aromatic carbocycles. The van der Waals surface area contributed by atoms with Crippen LogP contribution in [0.5, 0.6) is 0 Å². The van der Waals surface area contributed by atoms with Gasteiger partial charge in [0.05, 0.1) is 6.04 Å². The van der Waals surface area contributed by atoms with Crippen molar-refractivity contribution in [1.29, 1.82) is 0 Å². The van der Waals surface area contributed by atoms with Crippen molar-refractivity contribution >= 4 is 0 Å². The Labute approximate surface area is 96.1 Å². The quantitative estimate of drug-likeness (QED) is 0.849. The summed E-state index contributed by atoms with van der Waals surface area (Å²) >= 11 is 0. The van der Waals surface area contributed by atoms with E-state index in [1.807, 2.05) is 18.3 Å². The first kappa shape index (κ1) is 10.8. The molecule has 1 unspecified atom stereocenters. The van der Waals surface area contributed by atoms with Crippen LogP contribution in [0.15, 0.2) is 48.8 Å². The molecule has 16 heavy (non-hydrogen) atoms. The molecule has 0 saturated heterocycles. The zero-order valence-electron chi connectivity index (χ0n) is 9.43. The molecule has 0 aliphatic heterocycles. The summed E-state index contributed by atoms with van der Waals surface area (Å²) in [4.78, 5) is 4.09. The number of nitrogens with two attached hydrogens (primary N) is 1. The molecule has 0 aliphatic rings. The van der Waals surface area contributed by atoms with Crippen molar-refractivity contribution in [3.05, 3.63) is 65.5 Å². The normalized spacial score (nSPS) is 12.4. The fraction of sp³-hybridized carbons (Fsp3) is 0.214. The summed E-state index contributed by atoms with van der Waals surface area (Å²) < 4.78 is 0. The van der Waals surface area contributed by atoms with Crippen LogP contribution < -0.4 is 5.73 Å². The van der Waals surface area contributed by atoms with Gasteiger partial charge in [0.15, 0.2) is 0 Å². The Bertz CT molecular complexity index is 451. The largest absolute Gasteiger partial charge is 0.320 e. The molecular formula is C14H16N2. The summed E-state index contributed by atoms with van der Waals surface area (Å²) in [5.41, 5.74) is 9.71. The van der Waals surface area contributed by atoms with Crippen molar-refractivity contribution in [2.24, 2.45) is 5.73 Å². The van der Waals surface area contributed by atoms with Crippen LogP contribution in [0.25, 0.3) is 0 Å². The lowest BCUT2D eigenvalue weighted by atomic mass is 9.99. The fourth-order valence-electron chi connectivity index (χ4n) is 1.76. The Morgan fingerprint density at radius 3 is 2.69 bits per heavy atom. The highest BCUT2D eigenvalue weighted by Crippen LogP contribution is 2.19. The van der Waals surface area contributed by atoms with Crippen molar-refractivity contribution in [2.75, 3.05) is 0 Å². The average Bonchev–Trinajstić information content (AvgIpc) is 2.39. The van der Waals surface area contributed by atoms with Crippen LogP contribution >= 0.6 is 0 Å². The minimum atomic E-state index is -0.0831. The molecule has 2 heteroatoms. The van der Waals surface area contributed by atoms with Gasteiger partial charge in [0.25, 0.3) is 0 Å². The first-order chi connectivity index (χ1) is 7.81. The van der Waals surface area contributed by atoms with Crippen molar-refractivity contribution in [2.45, 2.75) is 19.4 Å². The SMILES string of the molecule is CCc1cccc(C(N)c2cccnc2)c1. The first-order valence-corrected chi connectivity index (χ1v) is 5.55. The van der Waals surface area contributed by atoms with Gasteiger partial charge in [0.1, 0.15) is 0 Å². The van der Waals surface area contributed by atoms with Crippen molar-refractivity contribution in [3.8, 4) is 0 Å². The third-order valence-electron chi connectivity index (χ3n) is 2.76. The van der Waals surface area contributed by atoms with Crippen LogP contribution in [0, 0.1) is 0 Å². The van der Waals surface area contributed by atoms with E-state index >= 15 is 0 Å². The lowest BCUT2D eigenvalue weighted by Gasteiger charge is -2.12. The predicted octanol–water partition coefficient (Wildman–Crippen LogP) is 2.69. The predicted molar refractivity (Wildman–Crippen MR) is 66.1 cm³/mol. The highest BCUT2D eigenvalue weighted by molar-refractivity contribution is 5.32. The van der Waals surface area contributed by atoms with Gasteiger partial charge in [-0.25, -0.2) is 0 Å². The number of benzene rings is 1. The first-order valence-electron chi connectivity index (χ1n) is 5.55. The van der Waals surface area contributed by atoms with Crippen molar-refractivity contribution < 1.29 is 0 Å². The smallest absolute Gasteiger partial charge is 0.0567 e. The molecule has 82 valence electrons. The van der Waals surface area contributed by atoms with Gasteiger partial charge in [-0.05, 0) is 29.2 Å². The molecule has 2 aromatic rings. The fourth-order valence-corrected chi connectivity index (χ4v) is 1.76. The van der Waals surface area contributed by atoms with Crippen LogP contribution in [-0.2, 0) is 6.42 Å².